The third kappa shape index (κ3) is 7.74. The molecule has 1 saturated heterocycles. The first-order valence-electron chi connectivity index (χ1n) is 12.8. The molecule has 3 atom stereocenters. The monoisotopic (exact) mass is 541 g/mol. The van der Waals surface area contributed by atoms with Crippen LogP contribution < -0.4 is 10.6 Å². The molecule has 1 heterocycles. The van der Waals surface area contributed by atoms with Crippen LogP contribution in [0.25, 0.3) is 0 Å². The Balaban J connectivity index is 1.79. The zero-order chi connectivity index (χ0) is 28.1. The first-order valence-corrected chi connectivity index (χ1v) is 13.8. The first-order chi connectivity index (χ1) is 17.8. The van der Waals surface area contributed by atoms with E-state index in [-0.39, 0.29) is 18.2 Å². The number of aryl methyl sites for hydroxylation is 1. The van der Waals surface area contributed by atoms with Gasteiger partial charge in [-0.15, -0.1) is 11.8 Å². The maximum Gasteiger partial charge on any atom is 0.407 e. The highest BCUT2D eigenvalue weighted by atomic mass is 32.2. The molecule has 206 valence electrons. The fourth-order valence-corrected chi connectivity index (χ4v) is 5.55. The van der Waals surface area contributed by atoms with Gasteiger partial charge in [-0.3, -0.25) is 9.59 Å². The number of carbonyl (C=O) groups excluding carboxylic acids is 3. The number of ether oxygens (including phenoxy) is 1. The molecule has 0 unspecified atom stereocenters. The van der Waals surface area contributed by atoms with Crippen molar-refractivity contribution in [2.45, 2.75) is 83.0 Å². The minimum absolute atomic E-state index is 0.210. The molecule has 0 aromatic heterocycles. The third-order valence-corrected chi connectivity index (χ3v) is 7.80. The lowest BCUT2D eigenvalue weighted by molar-refractivity contribution is -0.147. The molecule has 1 fully saturated rings. The second kappa shape index (κ2) is 12.2. The van der Waals surface area contributed by atoms with Gasteiger partial charge < -0.3 is 25.4 Å². The van der Waals surface area contributed by atoms with E-state index in [0.717, 1.165) is 16.7 Å². The number of nitrogens with zero attached hydrogens (tertiary/aromatic N) is 1. The number of benzene rings is 2. The molecule has 9 heteroatoms. The summed E-state index contributed by atoms with van der Waals surface area (Å²) >= 11 is 1.47. The number of hydrogen-bond donors (Lipinski definition) is 3. The number of aliphatic hydroxyl groups excluding tert-OH is 1. The van der Waals surface area contributed by atoms with Gasteiger partial charge in [0.25, 0.3) is 5.91 Å². The SMILES string of the molecule is Cc1ccccc1CNC(=O)[C@H]1N(C(=O)[C@@H](O)[C@H](Cc2ccccc2)NC(=O)OC(C)(C)C)CSC1(C)C. The summed E-state index contributed by atoms with van der Waals surface area (Å²) in [7, 11) is 0. The van der Waals surface area contributed by atoms with E-state index < -0.39 is 40.5 Å². The normalized spacial score (nSPS) is 18.4. The van der Waals surface area contributed by atoms with E-state index in [1.54, 1.807) is 20.8 Å². The van der Waals surface area contributed by atoms with Crippen LogP contribution in [0.1, 0.15) is 51.3 Å². The average molecular weight is 542 g/mol. The van der Waals surface area contributed by atoms with E-state index in [2.05, 4.69) is 10.6 Å². The van der Waals surface area contributed by atoms with Gasteiger partial charge in [-0.2, -0.15) is 0 Å². The molecule has 0 radical (unpaired) electrons. The van der Waals surface area contributed by atoms with E-state index in [9.17, 15) is 19.5 Å². The molecule has 2 aromatic rings. The summed E-state index contributed by atoms with van der Waals surface area (Å²) < 4.78 is 4.81. The fraction of sp³-hybridized carbons (Fsp3) is 0.483. The molecular formula is C29H39N3O5S. The maximum atomic E-state index is 13.7. The van der Waals surface area contributed by atoms with E-state index in [1.165, 1.54) is 16.7 Å². The number of amides is 3. The zero-order valence-electron chi connectivity index (χ0n) is 23.0. The van der Waals surface area contributed by atoms with Crippen LogP contribution in [-0.2, 0) is 27.3 Å². The predicted molar refractivity (Wildman–Crippen MR) is 150 cm³/mol. The van der Waals surface area contributed by atoms with Crippen LogP contribution in [-0.4, -0.2) is 62.3 Å². The van der Waals surface area contributed by atoms with Gasteiger partial charge in [0.15, 0.2) is 6.10 Å². The molecule has 8 nitrogen and oxygen atoms in total. The molecule has 0 spiro atoms. The van der Waals surface area contributed by atoms with Gasteiger partial charge in [0.2, 0.25) is 5.91 Å². The van der Waals surface area contributed by atoms with Gasteiger partial charge in [-0.05, 0) is 64.7 Å². The van der Waals surface area contributed by atoms with Crippen molar-refractivity contribution < 1.29 is 24.2 Å². The van der Waals surface area contributed by atoms with Gasteiger partial charge in [0, 0.05) is 11.3 Å². The summed E-state index contributed by atoms with van der Waals surface area (Å²) in [6.07, 6.45) is -2.10. The van der Waals surface area contributed by atoms with Crippen LogP contribution in [0.5, 0.6) is 0 Å². The molecular weight excluding hydrogens is 502 g/mol. The number of nitrogens with one attached hydrogen (secondary N) is 2. The Bertz CT molecular complexity index is 1130. The van der Waals surface area contributed by atoms with Gasteiger partial charge in [0.05, 0.1) is 11.9 Å². The number of alkyl carbamates (subject to hydrolysis) is 1. The molecule has 0 bridgehead atoms. The molecule has 3 rings (SSSR count). The molecule has 1 aliphatic heterocycles. The topological polar surface area (TPSA) is 108 Å². The van der Waals surface area contributed by atoms with Crippen LogP contribution in [0.3, 0.4) is 0 Å². The summed E-state index contributed by atoms with van der Waals surface area (Å²) in [6.45, 7) is 11.4. The Morgan fingerprint density at radius 3 is 2.37 bits per heavy atom. The van der Waals surface area contributed by atoms with Crippen LogP contribution in [0, 0.1) is 6.92 Å². The van der Waals surface area contributed by atoms with Gasteiger partial charge in [-0.1, -0.05) is 54.6 Å². The lowest BCUT2D eigenvalue weighted by Gasteiger charge is -2.33. The Hall–Kier alpha value is -3.04. The Labute approximate surface area is 229 Å². The lowest BCUT2D eigenvalue weighted by Crippen LogP contribution is -2.58. The fourth-order valence-electron chi connectivity index (χ4n) is 4.41. The van der Waals surface area contributed by atoms with Gasteiger partial charge >= 0.3 is 6.09 Å². The Morgan fingerprint density at radius 1 is 1.11 bits per heavy atom. The van der Waals surface area contributed by atoms with E-state index >= 15 is 0 Å². The van der Waals surface area contributed by atoms with Crippen molar-refractivity contribution in [1.82, 2.24) is 15.5 Å². The number of hydrogen-bond acceptors (Lipinski definition) is 6. The van der Waals surface area contributed by atoms with Crippen LogP contribution in [0.4, 0.5) is 4.79 Å². The van der Waals surface area contributed by atoms with Crippen LogP contribution in [0.2, 0.25) is 0 Å². The smallest absolute Gasteiger partial charge is 0.407 e. The minimum atomic E-state index is -1.58. The highest BCUT2D eigenvalue weighted by molar-refractivity contribution is 8.00. The van der Waals surface area contributed by atoms with Gasteiger partial charge in [-0.25, -0.2) is 4.79 Å². The lowest BCUT2D eigenvalue weighted by atomic mass is 9.97. The predicted octanol–water partition coefficient (Wildman–Crippen LogP) is 3.79. The second-order valence-electron chi connectivity index (χ2n) is 11.1. The van der Waals surface area contributed by atoms with E-state index in [1.807, 2.05) is 75.4 Å². The molecule has 2 aromatic carbocycles. The number of aliphatic hydroxyl groups is 1. The molecule has 38 heavy (non-hydrogen) atoms. The van der Waals surface area contributed by atoms with E-state index in [0.29, 0.717) is 6.54 Å². The van der Waals surface area contributed by atoms with Crippen molar-refractivity contribution in [3.63, 3.8) is 0 Å². The highest BCUT2D eigenvalue weighted by Gasteiger charge is 2.49. The van der Waals surface area contributed by atoms with Crippen molar-refractivity contribution in [2.75, 3.05) is 5.88 Å². The average Bonchev–Trinajstić information content (AvgIpc) is 3.16. The summed E-state index contributed by atoms with van der Waals surface area (Å²) in [5.74, 6) is -0.657. The van der Waals surface area contributed by atoms with Crippen LogP contribution in [0.15, 0.2) is 54.6 Å². The number of thioether (sulfide) groups is 1. The standard InChI is InChI=1S/C29H39N3O5S/c1-19-12-10-11-15-21(19)17-30-25(34)24-29(5,6)38-18-32(24)26(35)23(33)22(16-20-13-8-7-9-14-20)31-27(36)37-28(2,3)4/h7-15,22-24,33H,16-18H2,1-6H3,(H,30,34)(H,31,36)/t22-,23-,24+/m0/s1. The molecule has 3 amide bonds. The van der Waals surface area contributed by atoms with Crippen molar-refractivity contribution >= 4 is 29.7 Å². The molecule has 1 aliphatic rings. The zero-order valence-corrected chi connectivity index (χ0v) is 23.8. The molecule has 3 N–H and O–H groups in total. The first kappa shape index (κ1) is 29.5. The highest BCUT2D eigenvalue weighted by Crippen LogP contribution is 2.40. The second-order valence-corrected chi connectivity index (χ2v) is 12.7. The van der Waals surface area contributed by atoms with Crippen LogP contribution >= 0.6 is 11.8 Å². The largest absolute Gasteiger partial charge is 0.444 e. The van der Waals surface area contributed by atoms with Crippen molar-refractivity contribution in [1.29, 1.82) is 0 Å². The summed E-state index contributed by atoms with van der Waals surface area (Å²) in [4.78, 5) is 41.1. The van der Waals surface area contributed by atoms with Crippen molar-refractivity contribution in [2.24, 2.45) is 0 Å². The van der Waals surface area contributed by atoms with E-state index in [4.69, 9.17) is 4.74 Å². The summed E-state index contributed by atoms with van der Waals surface area (Å²) in [6, 6.07) is 15.3. The molecule has 0 aliphatic carbocycles. The molecule has 0 saturated carbocycles. The number of carbonyl (C=O) groups is 3. The Kier molecular flexibility index (Phi) is 9.49. The number of rotatable bonds is 8. The minimum Gasteiger partial charge on any atom is -0.444 e. The van der Waals surface area contributed by atoms with Gasteiger partial charge in [0.1, 0.15) is 11.6 Å². The summed E-state index contributed by atoms with van der Waals surface area (Å²) in [5.41, 5.74) is 2.15. The maximum absolute atomic E-state index is 13.7. The van der Waals surface area contributed by atoms with Crippen molar-refractivity contribution in [3.8, 4) is 0 Å². The third-order valence-electron chi connectivity index (χ3n) is 6.43. The van der Waals surface area contributed by atoms with Crippen molar-refractivity contribution in [3.05, 3.63) is 71.3 Å². The quantitative estimate of drug-likeness (QED) is 0.469. The summed E-state index contributed by atoms with van der Waals surface area (Å²) in [5, 5.41) is 16.9. The Morgan fingerprint density at radius 2 is 1.74 bits per heavy atom.